The van der Waals surface area contributed by atoms with Gasteiger partial charge in [-0.1, -0.05) is 0 Å². The Labute approximate surface area is 365 Å². The van der Waals surface area contributed by atoms with Crippen LogP contribution in [0, 0.1) is 0 Å². The van der Waals surface area contributed by atoms with Gasteiger partial charge in [-0.25, -0.2) is 19.0 Å². The monoisotopic (exact) mass is 868 g/mol. The molecule has 8 aromatic rings. The molecule has 10 rings (SSSR count). The first-order chi connectivity index (χ1) is 30.8. The number of carbonyl (C=O) groups is 2. The maximum absolute atomic E-state index is 13.1. The van der Waals surface area contributed by atoms with Crippen LogP contribution in [0.25, 0.3) is 11.3 Å². The number of nitrogens with one attached hydrogen (secondary N) is 2. The van der Waals surface area contributed by atoms with Crippen molar-refractivity contribution >= 4 is 34.5 Å². The molecule has 20 nitrogen and oxygen atoms in total. The van der Waals surface area contributed by atoms with Gasteiger partial charge in [-0.2, -0.15) is 20.4 Å². The molecular formula is C44H44N12O8. The second-order valence-corrected chi connectivity index (χ2v) is 16.3. The Kier molecular flexibility index (Phi) is 10.9. The smallest absolute Gasteiger partial charge is 0.261 e. The Bertz CT molecular complexity index is 2820. The molecule has 64 heavy (non-hydrogen) atoms. The third-order valence-corrected chi connectivity index (χ3v) is 10.4. The molecule has 6 aromatic heterocycles. The van der Waals surface area contributed by atoms with Crippen molar-refractivity contribution in [3.8, 4) is 23.0 Å². The number of anilines is 2. The fraction of sp³-hybridized carbons (Fsp3) is 0.273. The van der Waals surface area contributed by atoms with Crippen molar-refractivity contribution in [2.45, 2.75) is 51.1 Å². The molecule has 328 valence electrons. The van der Waals surface area contributed by atoms with E-state index in [9.17, 15) is 19.8 Å². The Morgan fingerprint density at radius 1 is 0.672 bits per heavy atom. The van der Waals surface area contributed by atoms with Crippen LogP contribution in [0.15, 0.2) is 98.4 Å². The minimum atomic E-state index is -0.987. The number of rotatable bonds is 10. The van der Waals surface area contributed by atoms with Crippen LogP contribution in [0.4, 0.5) is 11.4 Å². The Morgan fingerprint density at radius 3 is 1.52 bits per heavy atom. The average molecular weight is 869 g/mol. The standard InChI is InChI=1S/2C22H22N6O4/c2*1-22(30)8-15-6-17(26-21(29)16-10-25-28-5-3-4-23-20(16)28)19(7-18(15)32-13-22)31-12-14-9-24-27(2)11-14/h2*3-7,9-11,30H,8,12-13H2,1-2H3,(H,26,29)/t2*22-/m10/s1. The van der Waals surface area contributed by atoms with Crippen LogP contribution < -0.4 is 29.6 Å². The lowest BCUT2D eigenvalue weighted by atomic mass is 9.93. The van der Waals surface area contributed by atoms with E-state index in [1.165, 1.54) is 21.4 Å². The predicted molar refractivity (Wildman–Crippen MR) is 229 cm³/mol. The van der Waals surface area contributed by atoms with E-state index < -0.39 is 11.2 Å². The first kappa shape index (κ1) is 41.5. The molecule has 20 heteroatoms. The number of carbonyl (C=O) groups excluding carboxylic acids is 2. The van der Waals surface area contributed by atoms with Gasteiger partial charge in [0.1, 0.15) is 60.6 Å². The van der Waals surface area contributed by atoms with Gasteiger partial charge in [-0.05, 0) is 49.2 Å². The van der Waals surface area contributed by atoms with Gasteiger partial charge in [0.15, 0.2) is 11.3 Å². The summed E-state index contributed by atoms with van der Waals surface area (Å²) in [4.78, 5) is 34.6. The lowest BCUT2D eigenvalue weighted by molar-refractivity contribution is -0.000972. The van der Waals surface area contributed by atoms with Crippen LogP contribution >= 0.6 is 0 Å². The van der Waals surface area contributed by atoms with Crippen LogP contribution in [0.3, 0.4) is 0 Å². The van der Waals surface area contributed by atoms with Crippen molar-refractivity contribution < 1.29 is 38.7 Å². The zero-order valence-corrected chi connectivity index (χ0v) is 35.3. The van der Waals surface area contributed by atoms with Crippen molar-refractivity contribution in [2.24, 2.45) is 14.1 Å². The van der Waals surface area contributed by atoms with Crippen LogP contribution in [-0.4, -0.2) is 95.2 Å². The molecule has 2 aliphatic heterocycles. The van der Waals surface area contributed by atoms with E-state index in [0.717, 1.165) is 22.3 Å². The molecular weight excluding hydrogens is 825 g/mol. The van der Waals surface area contributed by atoms with Gasteiger partial charge in [0.2, 0.25) is 0 Å². The van der Waals surface area contributed by atoms with Crippen molar-refractivity contribution in [1.82, 2.24) is 48.8 Å². The van der Waals surface area contributed by atoms with Gasteiger partial charge in [0, 0.05) is 87.4 Å². The SMILES string of the molecule is Cn1cc(COc2cc3c(cc2NC(=O)c2cnn4cccnc24)C[C@@](C)(O)CO3)cn1.Cn1cc(COc2cc3c(cc2NC(=O)c2cnn4cccnc24)C[C@](C)(O)CO3)cn1. The van der Waals surface area contributed by atoms with Gasteiger partial charge >= 0.3 is 0 Å². The van der Waals surface area contributed by atoms with E-state index in [1.54, 1.807) is 96.8 Å². The topological polar surface area (TPSA) is 232 Å². The van der Waals surface area contributed by atoms with Gasteiger partial charge < -0.3 is 39.8 Å². The third-order valence-electron chi connectivity index (χ3n) is 10.4. The number of aryl methyl sites for hydroxylation is 2. The van der Waals surface area contributed by atoms with E-state index in [-0.39, 0.29) is 38.2 Å². The van der Waals surface area contributed by atoms with Gasteiger partial charge in [-0.3, -0.25) is 19.0 Å². The normalized spacial score (nSPS) is 17.6. The minimum Gasteiger partial charge on any atom is -0.490 e. The van der Waals surface area contributed by atoms with E-state index >= 15 is 0 Å². The summed E-state index contributed by atoms with van der Waals surface area (Å²) in [6.07, 6.45) is 17.5. The van der Waals surface area contributed by atoms with E-state index in [4.69, 9.17) is 18.9 Å². The van der Waals surface area contributed by atoms with Crippen molar-refractivity contribution in [2.75, 3.05) is 23.8 Å². The quantitative estimate of drug-likeness (QED) is 0.153. The predicted octanol–water partition coefficient (Wildman–Crippen LogP) is 3.96. The largest absolute Gasteiger partial charge is 0.490 e. The number of amides is 2. The first-order valence-electron chi connectivity index (χ1n) is 20.2. The lowest BCUT2D eigenvalue weighted by Crippen LogP contribution is -2.38. The van der Waals surface area contributed by atoms with Gasteiger partial charge in [0.25, 0.3) is 11.8 Å². The number of aromatic nitrogens is 10. The van der Waals surface area contributed by atoms with Gasteiger partial charge in [0.05, 0.1) is 47.4 Å². The summed E-state index contributed by atoms with van der Waals surface area (Å²) in [6.45, 7) is 4.33. The van der Waals surface area contributed by atoms with E-state index in [2.05, 4.69) is 41.0 Å². The molecule has 2 amide bonds. The minimum absolute atomic E-state index is 0.182. The fourth-order valence-electron chi connectivity index (χ4n) is 7.35. The second-order valence-electron chi connectivity index (χ2n) is 16.3. The fourth-order valence-corrected chi connectivity index (χ4v) is 7.35. The van der Waals surface area contributed by atoms with Crippen LogP contribution in [-0.2, 0) is 40.2 Å². The summed E-state index contributed by atoms with van der Waals surface area (Å²) in [7, 11) is 3.66. The maximum Gasteiger partial charge on any atom is 0.261 e. The summed E-state index contributed by atoms with van der Waals surface area (Å²) >= 11 is 0. The van der Waals surface area contributed by atoms with Crippen molar-refractivity contribution in [3.63, 3.8) is 0 Å². The average Bonchev–Trinajstić information content (AvgIpc) is 4.09. The molecule has 8 heterocycles. The van der Waals surface area contributed by atoms with Crippen molar-refractivity contribution in [3.05, 3.63) is 132 Å². The summed E-state index contributed by atoms with van der Waals surface area (Å²) in [5.74, 6) is 1.40. The highest BCUT2D eigenvalue weighted by atomic mass is 16.5. The van der Waals surface area contributed by atoms with Crippen LogP contribution in [0.2, 0.25) is 0 Å². The van der Waals surface area contributed by atoms with Crippen LogP contribution in [0.1, 0.15) is 56.8 Å². The molecule has 0 bridgehead atoms. The summed E-state index contributed by atoms with van der Waals surface area (Å²) < 4.78 is 30.0. The Balaban J connectivity index is 0.000000162. The number of fused-ring (bicyclic) bond motifs is 4. The molecule has 0 aliphatic carbocycles. The number of ether oxygens (including phenoxy) is 4. The Hall–Kier alpha value is -7.84. The zero-order chi connectivity index (χ0) is 44.6. The highest BCUT2D eigenvalue weighted by Gasteiger charge is 2.32. The second kappa shape index (κ2) is 16.8. The lowest BCUT2D eigenvalue weighted by Gasteiger charge is -2.31. The summed E-state index contributed by atoms with van der Waals surface area (Å²) in [6, 6.07) is 10.5. The molecule has 4 N–H and O–H groups in total. The zero-order valence-electron chi connectivity index (χ0n) is 35.3. The number of hydrogen-bond acceptors (Lipinski definition) is 14. The highest BCUT2D eigenvalue weighted by Crippen LogP contribution is 2.40. The first-order valence-corrected chi connectivity index (χ1v) is 20.2. The number of nitrogens with zero attached hydrogens (tertiary/aromatic N) is 10. The van der Waals surface area contributed by atoms with E-state index in [1.807, 2.05) is 26.5 Å². The molecule has 2 atom stereocenters. The number of hydrogen-bond donors (Lipinski definition) is 4. The maximum atomic E-state index is 13.1. The van der Waals surface area contributed by atoms with Crippen LogP contribution in [0.5, 0.6) is 23.0 Å². The molecule has 0 saturated carbocycles. The molecule has 0 spiro atoms. The summed E-state index contributed by atoms with van der Waals surface area (Å²) in [5, 5.41) is 43.3. The number of aliphatic hydroxyl groups is 2. The molecule has 0 radical (unpaired) electrons. The molecule has 2 aliphatic rings. The molecule has 0 unspecified atom stereocenters. The molecule has 2 aromatic carbocycles. The third kappa shape index (κ3) is 9.03. The van der Waals surface area contributed by atoms with Crippen molar-refractivity contribution in [1.29, 1.82) is 0 Å². The number of benzene rings is 2. The Morgan fingerprint density at radius 2 is 1.11 bits per heavy atom. The van der Waals surface area contributed by atoms with Gasteiger partial charge in [-0.15, -0.1) is 0 Å². The highest BCUT2D eigenvalue weighted by molar-refractivity contribution is 6.09. The van der Waals surface area contributed by atoms with E-state index in [0.29, 0.717) is 69.6 Å². The molecule has 0 saturated heterocycles. The molecule has 0 fully saturated rings. The summed E-state index contributed by atoms with van der Waals surface area (Å²) in [5.41, 5.74) is 3.87.